The lowest BCUT2D eigenvalue weighted by Crippen LogP contribution is -2.23. The van der Waals surface area contributed by atoms with Gasteiger partial charge >= 0.3 is 0 Å². The van der Waals surface area contributed by atoms with Crippen LogP contribution in [0.15, 0.2) is 71.2 Å². The van der Waals surface area contributed by atoms with Crippen molar-refractivity contribution in [1.29, 1.82) is 0 Å². The molecule has 1 N–H and O–H groups in total. The number of para-hydroxylation sites is 1. The first kappa shape index (κ1) is 21.0. The Labute approximate surface area is 195 Å². The van der Waals surface area contributed by atoms with Crippen molar-refractivity contribution in [2.75, 3.05) is 18.0 Å². The summed E-state index contributed by atoms with van der Waals surface area (Å²) in [6, 6.07) is 20.1. The number of nitrogens with one attached hydrogen (secondary N) is 1. The summed E-state index contributed by atoms with van der Waals surface area (Å²) in [5.74, 6) is 1.78. The van der Waals surface area contributed by atoms with Gasteiger partial charge in [0.05, 0.1) is 10.2 Å². The van der Waals surface area contributed by atoms with Gasteiger partial charge in [-0.15, -0.1) is 11.3 Å². The zero-order valence-electron chi connectivity index (χ0n) is 17.7. The highest BCUT2D eigenvalue weighted by molar-refractivity contribution is 8.00. The van der Waals surface area contributed by atoms with Gasteiger partial charge in [-0.25, -0.2) is 9.97 Å². The van der Waals surface area contributed by atoms with E-state index >= 15 is 0 Å². The first-order chi connectivity index (χ1) is 15.7. The van der Waals surface area contributed by atoms with Crippen molar-refractivity contribution in [2.24, 2.45) is 0 Å². The summed E-state index contributed by atoms with van der Waals surface area (Å²) in [6.45, 7) is 2.62. The summed E-state index contributed by atoms with van der Waals surface area (Å²) < 4.78 is 2.28. The maximum Gasteiger partial charge on any atom is 0.251 e. The largest absolute Gasteiger partial charge is 0.357 e. The number of hydrogen-bond donors (Lipinski definition) is 1. The number of carbonyl (C=O) groups excluding carboxylic acids is 1. The Morgan fingerprint density at radius 1 is 1.03 bits per heavy atom. The number of anilines is 1. The van der Waals surface area contributed by atoms with Crippen molar-refractivity contribution in [1.82, 2.24) is 15.3 Å². The van der Waals surface area contributed by atoms with E-state index in [-0.39, 0.29) is 5.91 Å². The average Bonchev–Trinajstić information content (AvgIpc) is 3.52. The van der Waals surface area contributed by atoms with Crippen LogP contribution < -0.4 is 10.2 Å². The van der Waals surface area contributed by atoms with Crippen LogP contribution in [-0.2, 0) is 12.3 Å². The second kappa shape index (κ2) is 9.71. The number of fused-ring (bicyclic) bond motifs is 1. The normalized spacial score (nSPS) is 13.6. The number of carbonyl (C=O) groups is 1. The molecule has 0 unspecified atom stereocenters. The lowest BCUT2D eigenvalue weighted by molar-refractivity contribution is 0.0951. The van der Waals surface area contributed by atoms with Gasteiger partial charge in [0.1, 0.15) is 5.82 Å². The zero-order valence-corrected chi connectivity index (χ0v) is 19.3. The highest BCUT2D eigenvalue weighted by atomic mass is 32.2. The van der Waals surface area contributed by atoms with Crippen LogP contribution in [0.25, 0.3) is 10.2 Å². The van der Waals surface area contributed by atoms with Crippen molar-refractivity contribution in [3.8, 4) is 0 Å². The smallest absolute Gasteiger partial charge is 0.251 e. The van der Waals surface area contributed by atoms with Gasteiger partial charge < -0.3 is 10.2 Å². The quantitative estimate of drug-likeness (QED) is 0.368. The van der Waals surface area contributed by atoms with Gasteiger partial charge in [-0.2, -0.15) is 0 Å². The van der Waals surface area contributed by atoms with Crippen molar-refractivity contribution >= 4 is 45.0 Å². The van der Waals surface area contributed by atoms with Gasteiger partial charge in [-0.05, 0) is 60.4 Å². The van der Waals surface area contributed by atoms with E-state index in [2.05, 4.69) is 32.3 Å². The Balaban J connectivity index is 1.15. The van der Waals surface area contributed by atoms with Gasteiger partial charge in [0.25, 0.3) is 5.91 Å². The molecule has 0 atom stereocenters. The van der Waals surface area contributed by atoms with Crippen LogP contribution >= 0.6 is 23.1 Å². The molecule has 5 nitrogen and oxygen atoms in total. The van der Waals surface area contributed by atoms with Crippen molar-refractivity contribution in [3.63, 3.8) is 0 Å². The summed E-state index contributed by atoms with van der Waals surface area (Å²) in [4.78, 5) is 24.0. The second-order valence-electron chi connectivity index (χ2n) is 7.83. The highest BCUT2D eigenvalue weighted by Crippen LogP contribution is 2.31. The molecule has 0 saturated carbocycles. The van der Waals surface area contributed by atoms with Gasteiger partial charge in [0.2, 0.25) is 0 Å². The van der Waals surface area contributed by atoms with Crippen LogP contribution in [0.2, 0.25) is 0 Å². The Morgan fingerprint density at radius 3 is 2.66 bits per heavy atom. The summed E-state index contributed by atoms with van der Waals surface area (Å²) in [5.41, 5.74) is 3.97. The number of amides is 1. The summed E-state index contributed by atoms with van der Waals surface area (Å²) in [5, 5.41) is 3.03. The lowest BCUT2D eigenvalue weighted by Gasteiger charge is -2.17. The van der Waals surface area contributed by atoms with Crippen molar-refractivity contribution < 1.29 is 4.79 Å². The molecule has 1 fully saturated rings. The molecule has 32 heavy (non-hydrogen) atoms. The minimum atomic E-state index is -0.0603. The van der Waals surface area contributed by atoms with E-state index < -0.39 is 0 Å². The van der Waals surface area contributed by atoms with Gasteiger partial charge in [0, 0.05) is 37.1 Å². The third-order valence-corrected chi connectivity index (χ3v) is 7.80. The number of nitrogens with zero attached hydrogens (tertiary/aromatic N) is 3. The molecule has 2 aromatic heterocycles. The van der Waals surface area contributed by atoms with E-state index in [0.29, 0.717) is 12.1 Å². The van der Waals surface area contributed by atoms with Crippen LogP contribution in [0.4, 0.5) is 5.82 Å². The Morgan fingerprint density at radius 2 is 1.84 bits per heavy atom. The average molecular weight is 461 g/mol. The van der Waals surface area contributed by atoms with Crippen LogP contribution in [0.3, 0.4) is 0 Å². The van der Waals surface area contributed by atoms with Crippen LogP contribution in [0.5, 0.6) is 0 Å². The molecule has 0 radical (unpaired) electrons. The zero-order chi connectivity index (χ0) is 21.8. The number of pyridine rings is 1. The topological polar surface area (TPSA) is 58.1 Å². The molecule has 4 aromatic rings. The maximum atomic E-state index is 12.6. The molecule has 5 rings (SSSR count). The number of aromatic nitrogens is 2. The van der Waals surface area contributed by atoms with E-state index in [1.165, 1.54) is 23.1 Å². The number of benzene rings is 2. The molecule has 0 bridgehead atoms. The number of hydrogen-bond acceptors (Lipinski definition) is 6. The third-order valence-electron chi connectivity index (χ3n) is 5.55. The predicted octanol–water partition coefficient (Wildman–Crippen LogP) is 5.51. The van der Waals surface area contributed by atoms with Crippen molar-refractivity contribution in [2.45, 2.75) is 29.5 Å². The molecular formula is C25H24N4OS2. The van der Waals surface area contributed by atoms with Gasteiger partial charge in [-0.1, -0.05) is 36.0 Å². The summed E-state index contributed by atoms with van der Waals surface area (Å²) in [6.07, 6.45) is 4.27. The van der Waals surface area contributed by atoms with Crippen LogP contribution in [-0.4, -0.2) is 29.0 Å². The molecule has 1 aliphatic rings. The van der Waals surface area contributed by atoms with E-state index in [1.807, 2.05) is 54.7 Å². The fraction of sp³-hybridized carbons (Fsp3) is 0.240. The molecule has 3 heterocycles. The molecule has 1 aliphatic heterocycles. The SMILES string of the molecule is O=C(NCc1ccnc(N2CCCC2)c1)c1ccc(CSc2nc3ccccc3s2)cc1. The maximum absolute atomic E-state index is 12.6. The summed E-state index contributed by atoms with van der Waals surface area (Å²) in [7, 11) is 0. The number of rotatable bonds is 7. The number of thiazole rings is 1. The third kappa shape index (κ3) is 4.95. The van der Waals surface area contributed by atoms with Gasteiger partial charge in [0.15, 0.2) is 4.34 Å². The fourth-order valence-electron chi connectivity index (χ4n) is 3.78. The molecule has 2 aromatic carbocycles. The monoisotopic (exact) mass is 460 g/mol. The summed E-state index contributed by atoms with van der Waals surface area (Å²) >= 11 is 3.45. The van der Waals surface area contributed by atoms with E-state index in [4.69, 9.17) is 0 Å². The molecular weight excluding hydrogens is 436 g/mol. The molecule has 7 heteroatoms. The minimum absolute atomic E-state index is 0.0603. The van der Waals surface area contributed by atoms with E-state index in [1.54, 1.807) is 23.1 Å². The highest BCUT2D eigenvalue weighted by Gasteiger charge is 2.14. The lowest BCUT2D eigenvalue weighted by atomic mass is 10.1. The predicted molar refractivity (Wildman–Crippen MR) is 132 cm³/mol. The van der Waals surface area contributed by atoms with Crippen molar-refractivity contribution in [3.05, 3.63) is 83.6 Å². The Hall–Kier alpha value is -2.90. The minimum Gasteiger partial charge on any atom is -0.357 e. The molecule has 0 spiro atoms. The first-order valence-corrected chi connectivity index (χ1v) is 12.6. The molecule has 1 saturated heterocycles. The second-order valence-corrected chi connectivity index (χ2v) is 10.1. The molecule has 162 valence electrons. The fourth-order valence-corrected chi connectivity index (χ4v) is 5.81. The first-order valence-electron chi connectivity index (χ1n) is 10.8. The molecule has 0 aliphatic carbocycles. The van der Waals surface area contributed by atoms with E-state index in [9.17, 15) is 4.79 Å². The van der Waals surface area contributed by atoms with Crippen LogP contribution in [0, 0.1) is 0 Å². The van der Waals surface area contributed by atoms with E-state index in [0.717, 1.165) is 40.1 Å². The Bertz CT molecular complexity index is 1180. The standard InChI is InChI=1S/C25H24N4OS2/c30-24(27-16-19-11-12-26-23(15-19)29-13-3-4-14-29)20-9-7-18(8-10-20)17-31-25-28-21-5-1-2-6-22(21)32-25/h1-2,5-12,15H,3-4,13-14,16-17H2,(H,27,30). The Kier molecular flexibility index (Phi) is 6.36. The molecule has 1 amide bonds. The number of thioether (sulfide) groups is 1. The van der Waals surface area contributed by atoms with Gasteiger partial charge in [-0.3, -0.25) is 4.79 Å². The van der Waals surface area contributed by atoms with Crippen LogP contribution in [0.1, 0.15) is 34.3 Å².